The van der Waals surface area contributed by atoms with Gasteiger partial charge >= 0.3 is 0 Å². The number of allylic oxidation sites excluding steroid dienone is 2. The van der Waals surface area contributed by atoms with Gasteiger partial charge in [0.2, 0.25) is 0 Å². The van der Waals surface area contributed by atoms with Gasteiger partial charge in [0.05, 0.1) is 10.5 Å². The number of benzene rings is 1. The number of halogens is 2. The van der Waals surface area contributed by atoms with Gasteiger partial charge in [-0.25, -0.2) is 12.8 Å². The number of nitrogens with one attached hydrogen (secondary N) is 1. The Hall–Kier alpha value is -1.40. The molecule has 0 aromatic heterocycles. The summed E-state index contributed by atoms with van der Waals surface area (Å²) < 4.78 is 36.0. The summed E-state index contributed by atoms with van der Waals surface area (Å²) in [6.45, 7) is 0.470. The maximum absolute atomic E-state index is 13.8. The Labute approximate surface area is 127 Å². The Morgan fingerprint density at radius 3 is 2.71 bits per heavy atom. The number of carbonyl (C=O) groups excluding carboxylic acids is 1. The van der Waals surface area contributed by atoms with Crippen LogP contribution in [0.15, 0.2) is 35.2 Å². The summed E-state index contributed by atoms with van der Waals surface area (Å²) in [6.07, 6.45) is 7.04. The van der Waals surface area contributed by atoms with Crippen molar-refractivity contribution < 1.29 is 17.6 Å². The SMILES string of the molecule is O=C(NCC1CC=CCC1)c1ccc(S(=O)(=O)Cl)cc1F. The van der Waals surface area contributed by atoms with E-state index in [1.807, 2.05) is 0 Å². The van der Waals surface area contributed by atoms with Gasteiger partial charge in [-0.05, 0) is 43.4 Å². The normalized spacial score (nSPS) is 18.5. The molecule has 1 aromatic carbocycles. The first-order chi connectivity index (χ1) is 9.88. The lowest BCUT2D eigenvalue weighted by molar-refractivity contribution is 0.0942. The van der Waals surface area contributed by atoms with Crippen LogP contribution in [0.5, 0.6) is 0 Å². The molecule has 7 heteroatoms. The Bertz CT molecular complexity index is 673. The Morgan fingerprint density at radius 1 is 1.38 bits per heavy atom. The van der Waals surface area contributed by atoms with Crippen molar-refractivity contribution in [2.75, 3.05) is 6.54 Å². The number of carbonyl (C=O) groups is 1. The highest BCUT2D eigenvalue weighted by Crippen LogP contribution is 2.19. The van der Waals surface area contributed by atoms with E-state index in [1.54, 1.807) is 0 Å². The molecule has 0 bridgehead atoms. The fraction of sp³-hybridized carbons (Fsp3) is 0.357. The molecule has 1 aliphatic carbocycles. The quantitative estimate of drug-likeness (QED) is 0.681. The largest absolute Gasteiger partial charge is 0.352 e. The van der Waals surface area contributed by atoms with Crippen LogP contribution in [0.1, 0.15) is 29.6 Å². The Balaban J connectivity index is 2.04. The van der Waals surface area contributed by atoms with Crippen LogP contribution >= 0.6 is 10.7 Å². The molecular formula is C14H15ClFNO3S. The van der Waals surface area contributed by atoms with Gasteiger partial charge < -0.3 is 5.32 Å². The van der Waals surface area contributed by atoms with E-state index in [0.717, 1.165) is 37.5 Å². The van der Waals surface area contributed by atoms with Crippen LogP contribution in [0, 0.1) is 11.7 Å². The minimum absolute atomic E-state index is 0.189. The van der Waals surface area contributed by atoms with Gasteiger partial charge in [0.15, 0.2) is 0 Å². The molecule has 0 saturated carbocycles. The van der Waals surface area contributed by atoms with E-state index >= 15 is 0 Å². The van der Waals surface area contributed by atoms with Crippen LogP contribution in [0.2, 0.25) is 0 Å². The average molecular weight is 332 g/mol. The molecule has 1 atom stereocenters. The zero-order valence-electron chi connectivity index (χ0n) is 11.2. The van der Waals surface area contributed by atoms with Crippen molar-refractivity contribution in [1.82, 2.24) is 5.32 Å². The van der Waals surface area contributed by atoms with E-state index < -0.39 is 20.8 Å². The van der Waals surface area contributed by atoms with Crippen molar-refractivity contribution in [3.05, 3.63) is 41.7 Å². The predicted molar refractivity (Wildman–Crippen MR) is 78.3 cm³/mol. The third kappa shape index (κ3) is 4.28. The summed E-state index contributed by atoms with van der Waals surface area (Å²) in [5.74, 6) is -1.11. The van der Waals surface area contributed by atoms with Crippen molar-refractivity contribution in [3.8, 4) is 0 Å². The summed E-state index contributed by atoms with van der Waals surface area (Å²) in [4.78, 5) is 11.6. The smallest absolute Gasteiger partial charge is 0.261 e. The van der Waals surface area contributed by atoms with E-state index in [4.69, 9.17) is 10.7 Å². The molecule has 1 N–H and O–H groups in total. The second-order valence-corrected chi connectivity index (χ2v) is 7.51. The first-order valence-corrected chi connectivity index (χ1v) is 8.86. The van der Waals surface area contributed by atoms with Crippen molar-refractivity contribution in [2.24, 2.45) is 5.92 Å². The summed E-state index contributed by atoms with van der Waals surface area (Å²) in [6, 6.07) is 2.99. The summed E-state index contributed by atoms with van der Waals surface area (Å²) >= 11 is 0. The minimum atomic E-state index is -4.00. The lowest BCUT2D eigenvalue weighted by Crippen LogP contribution is -2.30. The first kappa shape index (κ1) is 16.0. The monoisotopic (exact) mass is 331 g/mol. The maximum atomic E-state index is 13.8. The average Bonchev–Trinajstić information content (AvgIpc) is 2.45. The molecule has 1 amide bonds. The molecule has 0 saturated heterocycles. The van der Waals surface area contributed by atoms with Crippen molar-refractivity contribution in [2.45, 2.75) is 24.2 Å². The summed E-state index contributed by atoms with van der Waals surface area (Å²) in [5, 5.41) is 2.67. The number of rotatable bonds is 4. The fourth-order valence-electron chi connectivity index (χ4n) is 2.21. The minimum Gasteiger partial charge on any atom is -0.352 e. The molecule has 0 radical (unpaired) electrons. The molecule has 0 heterocycles. The van der Waals surface area contributed by atoms with Crippen molar-refractivity contribution in [1.29, 1.82) is 0 Å². The zero-order valence-corrected chi connectivity index (χ0v) is 12.8. The molecule has 114 valence electrons. The zero-order chi connectivity index (χ0) is 15.5. The van der Waals surface area contributed by atoms with E-state index in [0.29, 0.717) is 12.5 Å². The second kappa shape index (κ2) is 6.58. The summed E-state index contributed by atoms with van der Waals surface area (Å²) in [5.41, 5.74) is -0.189. The van der Waals surface area contributed by atoms with Gasteiger partial charge in [0.25, 0.3) is 15.0 Å². The molecule has 1 aliphatic rings. The third-order valence-electron chi connectivity index (χ3n) is 3.40. The predicted octanol–water partition coefficient (Wildman–Crippen LogP) is 2.84. The van der Waals surface area contributed by atoms with Gasteiger partial charge in [0, 0.05) is 17.2 Å². The highest BCUT2D eigenvalue weighted by molar-refractivity contribution is 8.13. The molecule has 4 nitrogen and oxygen atoms in total. The first-order valence-electron chi connectivity index (χ1n) is 6.55. The van der Waals surface area contributed by atoms with Crippen molar-refractivity contribution >= 4 is 25.6 Å². The van der Waals surface area contributed by atoms with Gasteiger partial charge in [-0.3, -0.25) is 4.79 Å². The standard InChI is InChI=1S/C14H15ClFNO3S/c15-21(19,20)11-6-7-12(13(16)8-11)14(18)17-9-10-4-2-1-3-5-10/h1-2,6-8,10H,3-5,9H2,(H,17,18). The molecule has 1 unspecified atom stereocenters. The topological polar surface area (TPSA) is 63.2 Å². The molecule has 1 aromatic rings. The van der Waals surface area contributed by atoms with E-state index in [2.05, 4.69) is 17.5 Å². The van der Waals surface area contributed by atoms with E-state index in [-0.39, 0.29) is 10.5 Å². The van der Waals surface area contributed by atoms with E-state index in [1.165, 1.54) is 0 Å². The van der Waals surface area contributed by atoms with Crippen LogP contribution in [0.25, 0.3) is 0 Å². The third-order valence-corrected chi connectivity index (χ3v) is 4.75. The summed E-state index contributed by atoms with van der Waals surface area (Å²) in [7, 11) is 1.12. The van der Waals surface area contributed by atoms with Gasteiger partial charge in [0.1, 0.15) is 5.82 Å². The van der Waals surface area contributed by atoms with Crippen molar-refractivity contribution in [3.63, 3.8) is 0 Å². The second-order valence-electron chi connectivity index (χ2n) is 4.94. The van der Waals surface area contributed by atoms with Crippen LogP contribution in [0.4, 0.5) is 4.39 Å². The fourth-order valence-corrected chi connectivity index (χ4v) is 2.97. The molecule has 0 spiro atoms. The number of amides is 1. The lowest BCUT2D eigenvalue weighted by atomic mass is 9.94. The molecule has 21 heavy (non-hydrogen) atoms. The van der Waals surface area contributed by atoms with E-state index in [9.17, 15) is 17.6 Å². The molecule has 2 rings (SSSR count). The van der Waals surface area contributed by atoms with Crippen LogP contribution in [-0.2, 0) is 9.05 Å². The Morgan fingerprint density at radius 2 is 2.14 bits per heavy atom. The van der Waals surface area contributed by atoms with Crippen LogP contribution in [0.3, 0.4) is 0 Å². The van der Waals surface area contributed by atoms with Crippen LogP contribution in [-0.4, -0.2) is 20.9 Å². The number of hydrogen-bond donors (Lipinski definition) is 1. The number of hydrogen-bond acceptors (Lipinski definition) is 3. The lowest BCUT2D eigenvalue weighted by Gasteiger charge is -2.18. The highest BCUT2D eigenvalue weighted by atomic mass is 35.7. The molecular weight excluding hydrogens is 317 g/mol. The Kier molecular flexibility index (Phi) is 5.00. The van der Waals surface area contributed by atoms with Gasteiger partial charge in [-0.1, -0.05) is 12.2 Å². The van der Waals surface area contributed by atoms with Crippen LogP contribution < -0.4 is 5.32 Å². The van der Waals surface area contributed by atoms with Gasteiger partial charge in [-0.15, -0.1) is 0 Å². The molecule has 0 fully saturated rings. The maximum Gasteiger partial charge on any atom is 0.261 e. The highest BCUT2D eigenvalue weighted by Gasteiger charge is 2.18. The molecule has 0 aliphatic heterocycles. The van der Waals surface area contributed by atoms with Gasteiger partial charge in [-0.2, -0.15) is 0 Å².